The zero-order valence-electron chi connectivity index (χ0n) is 13.4. The highest BCUT2D eigenvalue weighted by Crippen LogP contribution is 2.28. The molecular formula is C18H14Cl3NO3. The molecule has 0 atom stereocenters. The summed E-state index contributed by atoms with van der Waals surface area (Å²) in [6.45, 7) is 0. The van der Waals surface area contributed by atoms with Crippen molar-refractivity contribution in [2.75, 3.05) is 19.1 Å². The van der Waals surface area contributed by atoms with E-state index in [-0.39, 0.29) is 5.91 Å². The number of hydrogen-bond donors (Lipinski definition) is 0. The highest BCUT2D eigenvalue weighted by Gasteiger charge is 2.17. The van der Waals surface area contributed by atoms with Crippen molar-refractivity contribution in [3.63, 3.8) is 0 Å². The number of rotatable bonds is 4. The summed E-state index contributed by atoms with van der Waals surface area (Å²) in [6.07, 6.45) is 2.79. The zero-order valence-corrected chi connectivity index (χ0v) is 15.7. The van der Waals surface area contributed by atoms with Crippen molar-refractivity contribution in [2.45, 2.75) is 0 Å². The van der Waals surface area contributed by atoms with Gasteiger partial charge in [-0.15, -0.1) is 0 Å². The van der Waals surface area contributed by atoms with Crippen LogP contribution in [-0.2, 0) is 9.53 Å². The molecule has 0 aliphatic rings. The molecule has 0 aliphatic heterocycles. The second kappa shape index (κ2) is 8.39. The minimum absolute atomic E-state index is 0.284. The number of amides is 1. The van der Waals surface area contributed by atoms with Crippen LogP contribution in [0.1, 0.15) is 15.9 Å². The second-order valence-corrected chi connectivity index (χ2v) is 6.30. The fourth-order valence-corrected chi connectivity index (χ4v) is 2.60. The van der Waals surface area contributed by atoms with Crippen molar-refractivity contribution < 1.29 is 14.3 Å². The van der Waals surface area contributed by atoms with Crippen LogP contribution in [0.15, 0.2) is 42.5 Å². The molecule has 0 unspecified atom stereocenters. The van der Waals surface area contributed by atoms with Gasteiger partial charge in [-0.25, -0.2) is 4.79 Å². The van der Waals surface area contributed by atoms with Gasteiger partial charge in [0.15, 0.2) is 0 Å². The lowest BCUT2D eigenvalue weighted by Gasteiger charge is -2.20. The van der Waals surface area contributed by atoms with Gasteiger partial charge in [0.05, 0.1) is 22.8 Å². The van der Waals surface area contributed by atoms with E-state index in [4.69, 9.17) is 34.8 Å². The average molecular weight is 399 g/mol. The van der Waals surface area contributed by atoms with E-state index < -0.39 is 5.97 Å². The van der Waals surface area contributed by atoms with Crippen LogP contribution in [0.25, 0.3) is 6.08 Å². The molecule has 0 N–H and O–H groups in total. The van der Waals surface area contributed by atoms with E-state index in [9.17, 15) is 9.59 Å². The molecule has 4 nitrogen and oxygen atoms in total. The molecular weight excluding hydrogens is 385 g/mol. The van der Waals surface area contributed by atoms with Crippen LogP contribution in [0, 0.1) is 0 Å². The Kier molecular flexibility index (Phi) is 6.48. The Bertz CT molecular complexity index is 849. The first-order valence-corrected chi connectivity index (χ1v) is 8.25. The van der Waals surface area contributed by atoms with Crippen LogP contribution in [0.5, 0.6) is 0 Å². The number of methoxy groups -OCH3 is 1. The van der Waals surface area contributed by atoms with Crippen LogP contribution >= 0.6 is 34.8 Å². The molecule has 0 aromatic heterocycles. The minimum atomic E-state index is -0.510. The molecule has 0 spiro atoms. The van der Waals surface area contributed by atoms with Crippen LogP contribution in [0.3, 0.4) is 0 Å². The summed E-state index contributed by atoms with van der Waals surface area (Å²) in [5.41, 5.74) is 1.55. The molecule has 7 heteroatoms. The molecule has 0 heterocycles. The lowest BCUT2D eigenvalue weighted by Crippen LogP contribution is -2.26. The molecule has 2 rings (SSSR count). The fourth-order valence-electron chi connectivity index (χ4n) is 2.12. The maximum Gasteiger partial charge on any atom is 0.330 e. The standard InChI is InChI=1S/C18H14Cl3NO3/c1-22(18(24)12-3-6-14(20)15(21)10-12)16-7-5-13(19)9-11(16)4-8-17(23)25-2/h3-10H,1-2H3. The number of nitrogens with zero attached hydrogens (tertiary/aromatic N) is 1. The number of hydrogen-bond acceptors (Lipinski definition) is 3. The normalized spacial score (nSPS) is 10.8. The lowest BCUT2D eigenvalue weighted by atomic mass is 10.1. The lowest BCUT2D eigenvalue weighted by molar-refractivity contribution is -0.134. The smallest absolute Gasteiger partial charge is 0.330 e. The quantitative estimate of drug-likeness (QED) is 0.531. The van der Waals surface area contributed by atoms with E-state index in [1.165, 1.54) is 30.2 Å². The predicted molar refractivity (Wildman–Crippen MR) is 102 cm³/mol. The molecule has 0 fully saturated rings. The molecule has 1 amide bonds. The molecule has 2 aromatic rings. The van der Waals surface area contributed by atoms with Gasteiger partial charge < -0.3 is 9.64 Å². The monoisotopic (exact) mass is 397 g/mol. The molecule has 0 saturated heterocycles. The highest BCUT2D eigenvalue weighted by atomic mass is 35.5. The summed E-state index contributed by atoms with van der Waals surface area (Å²) in [7, 11) is 2.90. The van der Waals surface area contributed by atoms with Crippen molar-refractivity contribution in [1.82, 2.24) is 0 Å². The number of ether oxygens (including phenoxy) is 1. The molecule has 0 saturated carbocycles. The number of carbonyl (C=O) groups excluding carboxylic acids is 2. The van der Waals surface area contributed by atoms with E-state index in [0.717, 1.165) is 0 Å². The topological polar surface area (TPSA) is 46.6 Å². The molecule has 0 radical (unpaired) electrons. The third kappa shape index (κ3) is 4.75. The minimum Gasteiger partial charge on any atom is -0.466 e. The Balaban J connectivity index is 2.39. The summed E-state index contributed by atoms with van der Waals surface area (Å²) in [5, 5.41) is 1.14. The van der Waals surface area contributed by atoms with Crippen LogP contribution in [-0.4, -0.2) is 26.0 Å². The van der Waals surface area contributed by atoms with Crippen molar-refractivity contribution in [2.24, 2.45) is 0 Å². The van der Waals surface area contributed by atoms with Crippen molar-refractivity contribution in [3.8, 4) is 0 Å². The molecule has 130 valence electrons. The number of halogens is 3. The Morgan fingerprint density at radius 3 is 2.40 bits per heavy atom. The summed E-state index contributed by atoms with van der Waals surface area (Å²) < 4.78 is 4.58. The predicted octanol–water partition coefficient (Wildman–Crippen LogP) is 5.11. The van der Waals surface area contributed by atoms with Crippen LogP contribution < -0.4 is 4.90 Å². The highest BCUT2D eigenvalue weighted by molar-refractivity contribution is 6.42. The van der Waals surface area contributed by atoms with Gasteiger partial charge in [-0.3, -0.25) is 4.79 Å². The first-order valence-electron chi connectivity index (χ1n) is 7.12. The van der Waals surface area contributed by atoms with Crippen molar-refractivity contribution in [1.29, 1.82) is 0 Å². The fraction of sp³-hybridized carbons (Fsp3) is 0.111. The summed E-state index contributed by atoms with van der Waals surface area (Å²) in [5.74, 6) is -0.794. The van der Waals surface area contributed by atoms with E-state index >= 15 is 0 Å². The summed E-state index contributed by atoms with van der Waals surface area (Å²) in [4.78, 5) is 25.5. The van der Waals surface area contributed by atoms with E-state index in [1.807, 2.05) is 0 Å². The first-order chi connectivity index (χ1) is 11.8. The SMILES string of the molecule is COC(=O)C=Cc1cc(Cl)ccc1N(C)C(=O)c1ccc(Cl)c(Cl)c1. The van der Waals surface area contributed by atoms with Gasteiger partial charge in [-0.2, -0.15) is 0 Å². The van der Waals surface area contributed by atoms with Gasteiger partial charge in [-0.05, 0) is 48.0 Å². The van der Waals surface area contributed by atoms with Crippen molar-refractivity contribution in [3.05, 3.63) is 68.7 Å². The van der Waals surface area contributed by atoms with Gasteiger partial charge in [0, 0.05) is 23.7 Å². The van der Waals surface area contributed by atoms with Crippen molar-refractivity contribution >= 4 is 58.4 Å². The van der Waals surface area contributed by atoms with E-state index in [2.05, 4.69) is 4.74 Å². The Morgan fingerprint density at radius 1 is 1.04 bits per heavy atom. The summed E-state index contributed by atoms with van der Waals surface area (Å²) in [6, 6.07) is 9.65. The average Bonchev–Trinajstić information content (AvgIpc) is 2.60. The Hall–Kier alpha value is -2.01. The molecule has 0 aliphatic carbocycles. The Morgan fingerprint density at radius 2 is 1.76 bits per heavy atom. The molecule has 2 aromatic carbocycles. The Labute approximate surface area is 160 Å². The first kappa shape index (κ1) is 19.3. The van der Waals surface area contributed by atoms with E-state index in [1.54, 1.807) is 37.4 Å². The number of anilines is 1. The van der Waals surface area contributed by atoms with Crippen LogP contribution in [0.4, 0.5) is 5.69 Å². The van der Waals surface area contributed by atoms with Gasteiger partial charge in [-0.1, -0.05) is 34.8 Å². The second-order valence-electron chi connectivity index (χ2n) is 5.05. The summed E-state index contributed by atoms with van der Waals surface area (Å²) >= 11 is 17.9. The van der Waals surface area contributed by atoms with Gasteiger partial charge in [0.2, 0.25) is 0 Å². The molecule has 25 heavy (non-hydrogen) atoms. The van der Waals surface area contributed by atoms with Gasteiger partial charge >= 0.3 is 5.97 Å². The molecule has 0 bridgehead atoms. The van der Waals surface area contributed by atoms with E-state index in [0.29, 0.717) is 31.9 Å². The van der Waals surface area contributed by atoms with Crippen LogP contribution in [0.2, 0.25) is 15.1 Å². The third-order valence-electron chi connectivity index (χ3n) is 3.42. The number of esters is 1. The van der Waals surface area contributed by atoms with Gasteiger partial charge in [0.25, 0.3) is 5.91 Å². The number of carbonyl (C=O) groups is 2. The third-order valence-corrected chi connectivity index (χ3v) is 4.40. The maximum absolute atomic E-state index is 12.7. The van der Waals surface area contributed by atoms with Gasteiger partial charge in [0.1, 0.15) is 0 Å². The maximum atomic E-state index is 12.7. The number of benzene rings is 2. The largest absolute Gasteiger partial charge is 0.466 e. The zero-order chi connectivity index (χ0) is 18.6.